The predicted molar refractivity (Wildman–Crippen MR) is 43.0 cm³/mol. The third-order valence-corrected chi connectivity index (χ3v) is 1.37. The normalized spacial score (nSPS) is 9.09. The number of rotatable bonds is 0. The molecule has 3 heteroatoms. The Hall–Kier alpha value is -1.69. The largest absolute Gasteiger partial charge is 0.505 e. The molecule has 3 nitrogen and oxygen atoms in total. The van der Waals surface area contributed by atoms with Crippen LogP contribution in [0, 0.1) is 19.3 Å². The number of nitrogen functional groups attached to an aromatic ring is 1. The van der Waals surface area contributed by atoms with Crippen LogP contribution in [0.1, 0.15) is 11.3 Å². The third-order valence-electron chi connectivity index (χ3n) is 1.37. The van der Waals surface area contributed by atoms with Crippen molar-refractivity contribution in [2.45, 2.75) is 6.92 Å². The van der Waals surface area contributed by atoms with Crippen molar-refractivity contribution in [3.63, 3.8) is 0 Å². The molecule has 0 saturated heterocycles. The number of hydrogen-bond donors (Lipinski definition) is 2. The number of pyridine rings is 1. The topological polar surface area (TPSA) is 59.1 Å². The first-order chi connectivity index (χ1) is 5.15. The van der Waals surface area contributed by atoms with Gasteiger partial charge in [-0.15, -0.1) is 6.42 Å². The summed E-state index contributed by atoms with van der Waals surface area (Å²) in [7, 11) is 0. The zero-order chi connectivity index (χ0) is 8.43. The fourth-order valence-corrected chi connectivity index (χ4v) is 0.719. The van der Waals surface area contributed by atoms with E-state index in [2.05, 4.69) is 10.9 Å². The molecule has 0 unspecified atom stereocenters. The van der Waals surface area contributed by atoms with Crippen LogP contribution in [0.3, 0.4) is 0 Å². The fourth-order valence-electron chi connectivity index (χ4n) is 0.719. The van der Waals surface area contributed by atoms with E-state index in [-0.39, 0.29) is 11.4 Å². The van der Waals surface area contributed by atoms with Gasteiger partial charge in [-0.2, -0.15) is 0 Å². The molecule has 0 fully saturated rings. The first-order valence-corrected chi connectivity index (χ1v) is 3.08. The second kappa shape index (κ2) is 2.51. The highest BCUT2D eigenvalue weighted by molar-refractivity contribution is 5.49. The van der Waals surface area contributed by atoms with Gasteiger partial charge in [0.1, 0.15) is 11.6 Å². The van der Waals surface area contributed by atoms with Crippen molar-refractivity contribution in [2.75, 3.05) is 5.73 Å². The molecule has 0 bridgehead atoms. The Kier molecular flexibility index (Phi) is 1.69. The van der Waals surface area contributed by atoms with E-state index >= 15 is 0 Å². The molecule has 56 valence electrons. The smallest absolute Gasteiger partial charge is 0.157 e. The Balaban J connectivity index is 3.35. The number of terminal acetylenes is 1. The summed E-state index contributed by atoms with van der Waals surface area (Å²) in [5.41, 5.74) is 6.36. The van der Waals surface area contributed by atoms with Gasteiger partial charge in [0.2, 0.25) is 0 Å². The molecule has 0 aromatic carbocycles. The number of nitrogens with zero attached hydrogens (tertiary/aromatic N) is 1. The maximum Gasteiger partial charge on any atom is 0.157 e. The standard InChI is InChI=1S/C8H8N2O/c1-3-6-7(11)4-5(2)8(9)10-6/h1,4,11H,2H3,(H2,9,10). The van der Waals surface area contributed by atoms with Crippen molar-refractivity contribution in [3.8, 4) is 18.1 Å². The minimum atomic E-state index is -0.000741. The van der Waals surface area contributed by atoms with Crippen LogP contribution in [0.5, 0.6) is 5.75 Å². The Morgan fingerprint density at radius 3 is 2.91 bits per heavy atom. The molecule has 1 rings (SSSR count). The van der Waals surface area contributed by atoms with Crippen molar-refractivity contribution < 1.29 is 5.11 Å². The quantitative estimate of drug-likeness (QED) is 0.531. The van der Waals surface area contributed by atoms with Crippen LogP contribution in [0.4, 0.5) is 5.82 Å². The lowest BCUT2D eigenvalue weighted by molar-refractivity contribution is 0.470. The number of aryl methyl sites for hydroxylation is 1. The molecule has 11 heavy (non-hydrogen) atoms. The van der Waals surface area contributed by atoms with Gasteiger partial charge in [-0.3, -0.25) is 0 Å². The lowest BCUT2D eigenvalue weighted by atomic mass is 10.2. The van der Waals surface area contributed by atoms with Crippen LogP contribution in [0.2, 0.25) is 0 Å². The minimum Gasteiger partial charge on any atom is -0.505 e. The van der Waals surface area contributed by atoms with Crippen LogP contribution in [0.25, 0.3) is 0 Å². The summed E-state index contributed by atoms with van der Waals surface area (Å²) >= 11 is 0. The summed E-state index contributed by atoms with van der Waals surface area (Å²) in [6.07, 6.45) is 5.04. The Morgan fingerprint density at radius 1 is 1.73 bits per heavy atom. The monoisotopic (exact) mass is 148 g/mol. The van der Waals surface area contributed by atoms with Gasteiger partial charge < -0.3 is 10.8 Å². The maximum atomic E-state index is 9.16. The highest BCUT2D eigenvalue weighted by atomic mass is 16.3. The SMILES string of the molecule is C#Cc1nc(N)c(C)cc1O. The molecule has 0 aliphatic carbocycles. The number of aromatic hydroxyl groups is 1. The van der Waals surface area contributed by atoms with E-state index in [1.807, 2.05) is 0 Å². The van der Waals surface area contributed by atoms with Crippen molar-refractivity contribution in [2.24, 2.45) is 0 Å². The van der Waals surface area contributed by atoms with Crippen LogP contribution in [-0.2, 0) is 0 Å². The van der Waals surface area contributed by atoms with E-state index in [1.165, 1.54) is 6.07 Å². The van der Waals surface area contributed by atoms with Gasteiger partial charge in [0, 0.05) is 0 Å². The van der Waals surface area contributed by atoms with Crippen molar-refractivity contribution in [1.82, 2.24) is 4.98 Å². The van der Waals surface area contributed by atoms with Crippen molar-refractivity contribution >= 4 is 5.82 Å². The second-order valence-corrected chi connectivity index (χ2v) is 2.20. The van der Waals surface area contributed by atoms with Gasteiger partial charge in [-0.05, 0) is 24.5 Å². The molecule has 0 amide bonds. The summed E-state index contributed by atoms with van der Waals surface area (Å²) in [6.45, 7) is 1.75. The zero-order valence-electron chi connectivity index (χ0n) is 6.13. The van der Waals surface area contributed by atoms with E-state index in [0.717, 1.165) is 5.56 Å². The van der Waals surface area contributed by atoms with Crippen LogP contribution in [-0.4, -0.2) is 10.1 Å². The highest BCUT2D eigenvalue weighted by Gasteiger charge is 2.02. The van der Waals surface area contributed by atoms with E-state index in [9.17, 15) is 0 Å². The molecule has 1 heterocycles. The highest BCUT2D eigenvalue weighted by Crippen LogP contribution is 2.18. The molecule has 0 atom stereocenters. The molecule has 1 aromatic rings. The number of hydrogen-bond acceptors (Lipinski definition) is 3. The maximum absolute atomic E-state index is 9.16. The lowest BCUT2D eigenvalue weighted by Gasteiger charge is -2.00. The molecule has 0 aliphatic heterocycles. The summed E-state index contributed by atoms with van der Waals surface area (Å²) in [6, 6.07) is 1.50. The van der Waals surface area contributed by atoms with Crippen LogP contribution < -0.4 is 5.73 Å². The Bertz CT molecular complexity index is 326. The van der Waals surface area contributed by atoms with Crippen molar-refractivity contribution in [3.05, 3.63) is 17.3 Å². The molecule has 0 radical (unpaired) electrons. The summed E-state index contributed by atoms with van der Waals surface area (Å²) < 4.78 is 0. The average molecular weight is 148 g/mol. The van der Waals surface area contributed by atoms with Gasteiger partial charge in [0.05, 0.1) is 0 Å². The molecule has 0 saturated carbocycles. The summed E-state index contributed by atoms with van der Waals surface area (Å²) in [5.74, 6) is 2.58. The third kappa shape index (κ3) is 1.24. The summed E-state index contributed by atoms with van der Waals surface area (Å²) in [4.78, 5) is 3.78. The van der Waals surface area contributed by atoms with E-state index in [0.29, 0.717) is 5.82 Å². The van der Waals surface area contributed by atoms with Gasteiger partial charge in [0.15, 0.2) is 5.69 Å². The summed E-state index contributed by atoms with van der Waals surface area (Å²) in [5, 5.41) is 9.16. The molecule has 0 spiro atoms. The number of anilines is 1. The molecule has 3 N–H and O–H groups in total. The average Bonchev–Trinajstić information content (AvgIpc) is 1.97. The van der Waals surface area contributed by atoms with Gasteiger partial charge in [0.25, 0.3) is 0 Å². The van der Waals surface area contributed by atoms with E-state index in [4.69, 9.17) is 17.3 Å². The second-order valence-electron chi connectivity index (χ2n) is 2.20. The number of nitrogens with two attached hydrogens (primary N) is 1. The fraction of sp³-hybridized carbons (Fsp3) is 0.125. The molecular formula is C8H8N2O. The van der Waals surface area contributed by atoms with Crippen LogP contribution >= 0.6 is 0 Å². The first kappa shape index (κ1) is 7.42. The molecular weight excluding hydrogens is 140 g/mol. The van der Waals surface area contributed by atoms with E-state index < -0.39 is 0 Å². The van der Waals surface area contributed by atoms with E-state index in [1.54, 1.807) is 6.92 Å². The first-order valence-electron chi connectivity index (χ1n) is 3.08. The van der Waals surface area contributed by atoms with Crippen molar-refractivity contribution in [1.29, 1.82) is 0 Å². The Morgan fingerprint density at radius 2 is 2.36 bits per heavy atom. The molecule has 1 aromatic heterocycles. The van der Waals surface area contributed by atoms with Gasteiger partial charge in [-0.25, -0.2) is 4.98 Å². The molecule has 0 aliphatic rings. The predicted octanol–water partition coefficient (Wildman–Crippen LogP) is 0.659. The Labute approximate surface area is 64.9 Å². The van der Waals surface area contributed by atoms with Gasteiger partial charge >= 0.3 is 0 Å². The van der Waals surface area contributed by atoms with Crippen LogP contribution in [0.15, 0.2) is 6.07 Å². The zero-order valence-corrected chi connectivity index (χ0v) is 6.13. The van der Waals surface area contributed by atoms with Gasteiger partial charge in [-0.1, -0.05) is 0 Å². The lowest BCUT2D eigenvalue weighted by Crippen LogP contribution is -1.96. The minimum absolute atomic E-state index is 0.000741. The number of aromatic nitrogens is 1.